The van der Waals surface area contributed by atoms with E-state index in [2.05, 4.69) is 15.3 Å². The van der Waals surface area contributed by atoms with Gasteiger partial charge in [0, 0.05) is 39.4 Å². The van der Waals surface area contributed by atoms with Gasteiger partial charge >= 0.3 is 0 Å². The van der Waals surface area contributed by atoms with E-state index in [1.165, 1.54) is 0 Å². The molecule has 0 saturated heterocycles. The van der Waals surface area contributed by atoms with Gasteiger partial charge in [-0.15, -0.1) is 0 Å². The summed E-state index contributed by atoms with van der Waals surface area (Å²) in [5, 5.41) is 2.79. The van der Waals surface area contributed by atoms with E-state index in [1.54, 1.807) is 23.4 Å². The van der Waals surface area contributed by atoms with Gasteiger partial charge in [0.25, 0.3) is 5.91 Å². The zero-order valence-corrected chi connectivity index (χ0v) is 12.7. The van der Waals surface area contributed by atoms with Crippen molar-refractivity contribution in [2.75, 3.05) is 43.3 Å². The van der Waals surface area contributed by atoms with Crippen LogP contribution in [0.4, 0.5) is 17.3 Å². The van der Waals surface area contributed by atoms with Crippen molar-refractivity contribution in [2.24, 2.45) is 0 Å². The molecule has 6 nitrogen and oxygen atoms in total. The molecule has 0 spiro atoms. The van der Waals surface area contributed by atoms with Crippen LogP contribution in [0.5, 0.6) is 0 Å². The van der Waals surface area contributed by atoms with Gasteiger partial charge in [-0.1, -0.05) is 6.07 Å². The molecule has 0 atom stereocenters. The van der Waals surface area contributed by atoms with Gasteiger partial charge < -0.3 is 15.1 Å². The molecule has 110 valence electrons. The highest BCUT2D eigenvalue weighted by atomic mass is 16.1. The van der Waals surface area contributed by atoms with Crippen LogP contribution in [-0.4, -0.2) is 44.1 Å². The summed E-state index contributed by atoms with van der Waals surface area (Å²) in [7, 11) is 7.59. The maximum atomic E-state index is 12.2. The van der Waals surface area contributed by atoms with Crippen LogP contribution >= 0.6 is 0 Å². The van der Waals surface area contributed by atoms with Crippen molar-refractivity contribution in [1.29, 1.82) is 0 Å². The second-order valence-corrected chi connectivity index (χ2v) is 5.07. The SMILES string of the molecule is CN(C)c1cccc(C(=O)Nc2cnc(N(C)C)nc2)c1. The fraction of sp³-hybridized carbons (Fsp3) is 0.267. The minimum absolute atomic E-state index is 0.181. The molecule has 0 saturated carbocycles. The van der Waals surface area contributed by atoms with Crippen molar-refractivity contribution < 1.29 is 4.79 Å². The van der Waals surface area contributed by atoms with E-state index in [1.807, 2.05) is 51.3 Å². The van der Waals surface area contributed by atoms with Crippen LogP contribution in [0.3, 0.4) is 0 Å². The summed E-state index contributed by atoms with van der Waals surface area (Å²) in [6.07, 6.45) is 3.19. The predicted molar refractivity (Wildman–Crippen MR) is 85.1 cm³/mol. The number of aromatic nitrogens is 2. The number of hydrogen-bond acceptors (Lipinski definition) is 5. The molecule has 2 aromatic rings. The van der Waals surface area contributed by atoms with Crippen LogP contribution in [0, 0.1) is 0 Å². The number of rotatable bonds is 4. The van der Waals surface area contributed by atoms with Crippen molar-refractivity contribution in [3.63, 3.8) is 0 Å². The molecule has 6 heteroatoms. The molecule has 1 heterocycles. The first-order valence-electron chi connectivity index (χ1n) is 6.55. The van der Waals surface area contributed by atoms with Crippen LogP contribution in [-0.2, 0) is 0 Å². The van der Waals surface area contributed by atoms with E-state index in [4.69, 9.17) is 0 Å². The van der Waals surface area contributed by atoms with Crippen LogP contribution in [0.15, 0.2) is 36.7 Å². The van der Waals surface area contributed by atoms with Gasteiger partial charge in [0.15, 0.2) is 0 Å². The van der Waals surface area contributed by atoms with Crippen molar-refractivity contribution in [2.45, 2.75) is 0 Å². The van der Waals surface area contributed by atoms with Gasteiger partial charge in [0.1, 0.15) is 0 Å². The zero-order valence-electron chi connectivity index (χ0n) is 12.7. The molecule has 21 heavy (non-hydrogen) atoms. The van der Waals surface area contributed by atoms with E-state index in [-0.39, 0.29) is 5.91 Å². The normalized spacial score (nSPS) is 10.1. The fourth-order valence-corrected chi connectivity index (χ4v) is 1.75. The summed E-state index contributed by atoms with van der Waals surface area (Å²) < 4.78 is 0. The Balaban J connectivity index is 2.12. The highest BCUT2D eigenvalue weighted by molar-refractivity contribution is 6.04. The Bertz CT molecular complexity index is 622. The zero-order chi connectivity index (χ0) is 15.4. The fourth-order valence-electron chi connectivity index (χ4n) is 1.75. The molecular formula is C15H19N5O. The van der Waals surface area contributed by atoms with E-state index in [0.717, 1.165) is 5.69 Å². The molecule has 1 aromatic carbocycles. The lowest BCUT2D eigenvalue weighted by atomic mass is 10.2. The van der Waals surface area contributed by atoms with Crippen LogP contribution < -0.4 is 15.1 Å². The number of benzene rings is 1. The molecule has 0 aliphatic rings. The molecule has 0 aliphatic carbocycles. The molecule has 0 bridgehead atoms. The molecule has 1 amide bonds. The lowest BCUT2D eigenvalue weighted by molar-refractivity contribution is 0.102. The quantitative estimate of drug-likeness (QED) is 0.929. The maximum Gasteiger partial charge on any atom is 0.255 e. The number of anilines is 3. The van der Waals surface area contributed by atoms with Crippen LogP contribution in [0.1, 0.15) is 10.4 Å². The summed E-state index contributed by atoms with van der Waals surface area (Å²) in [6.45, 7) is 0. The summed E-state index contributed by atoms with van der Waals surface area (Å²) in [4.78, 5) is 24.3. The summed E-state index contributed by atoms with van der Waals surface area (Å²) in [6, 6.07) is 7.42. The van der Waals surface area contributed by atoms with Crippen molar-refractivity contribution >= 4 is 23.2 Å². The van der Waals surface area contributed by atoms with Crippen LogP contribution in [0.25, 0.3) is 0 Å². The highest BCUT2D eigenvalue weighted by Crippen LogP contribution is 2.15. The molecule has 0 radical (unpaired) electrons. The molecule has 0 fully saturated rings. The molecule has 2 rings (SSSR count). The topological polar surface area (TPSA) is 61.4 Å². The molecule has 1 aromatic heterocycles. The number of nitrogens with zero attached hydrogens (tertiary/aromatic N) is 4. The maximum absolute atomic E-state index is 12.2. The van der Waals surface area contributed by atoms with Gasteiger partial charge in [-0.3, -0.25) is 4.79 Å². The average Bonchev–Trinajstić information content (AvgIpc) is 2.48. The Morgan fingerprint density at radius 2 is 1.71 bits per heavy atom. The Labute approximate surface area is 124 Å². The first-order valence-corrected chi connectivity index (χ1v) is 6.55. The third-order valence-electron chi connectivity index (χ3n) is 2.92. The number of carbonyl (C=O) groups is 1. The van der Waals surface area contributed by atoms with Gasteiger partial charge in [-0.2, -0.15) is 0 Å². The summed E-state index contributed by atoms with van der Waals surface area (Å²) in [5.74, 6) is 0.419. The number of hydrogen-bond donors (Lipinski definition) is 1. The number of nitrogens with one attached hydrogen (secondary N) is 1. The predicted octanol–water partition coefficient (Wildman–Crippen LogP) is 1.86. The lowest BCUT2D eigenvalue weighted by Gasteiger charge is -2.13. The highest BCUT2D eigenvalue weighted by Gasteiger charge is 2.08. The lowest BCUT2D eigenvalue weighted by Crippen LogP contribution is -2.16. The standard InChI is InChI=1S/C15H19N5O/c1-19(2)13-7-5-6-11(8-13)14(21)18-12-9-16-15(17-10-12)20(3)4/h5-10H,1-4H3,(H,18,21). The molecule has 0 aliphatic heterocycles. The summed E-state index contributed by atoms with van der Waals surface area (Å²) in [5.41, 5.74) is 2.14. The van der Waals surface area contributed by atoms with Gasteiger partial charge in [0.2, 0.25) is 5.95 Å². The smallest absolute Gasteiger partial charge is 0.255 e. The van der Waals surface area contributed by atoms with Gasteiger partial charge in [-0.05, 0) is 18.2 Å². The van der Waals surface area contributed by atoms with Crippen molar-refractivity contribution in [1.82, 2.24) is 9.97 Å². The average molecular weight is 285 g/mol. The third-order valence-corrected chi connectivity index (χ3v) is 2.92. The van der Waals surface area contributed by atoms with Gasteiger partial charge in [-0.25, -0.2) is 9.97 Å². The Kier molecular flexibility index (Phi) is 4.37. The second kappa shape index (κ2) is 6.21. The first kappa shape index (κ1) is 14.8. The first-order chi connectivity index (χ1) is 9.97. The monoisotopic (exact) mass is 285 g/mol. The minimum atomic E-state index is -0.181. The van der Waals surface area contributed by atoms with E-state index in [0.29, 0.717) is 17.2 Å². The second-order valence-electron chi connectivity index (χ2n) is 5.07. The Morgan fingerprint density at radius 1 is 1.05 bits per heavy atom. The van der Waals surface area contributed by atoms with E-state index in [9.17, 15) is 4.79 Å². The largest absolute Gasteiger partial charge is 0.378 e. The molecule has 0 unspecified atom stereocenters. The Morgan fingerprint density at radius 3 is 2.29 bits per heavy atom. The van der Waals surface area contributed by atoms with Crippen LogP contribution in [0.2, 0.25) is 0 Å². The Hall–Kier alpha value is -2.63. The van der Waals surface area contributed by atoms with E-state index >= 15 is 0 Å². The third kappa shape index (κ3) is 3.68. The molecule has 1 N–H and O–H groups in total. The summed E-state index contributed by atoms with van der Waals surface area (Å²) >= 11 is 0. The number of carbonyl (C=O) groups excluding carboxylic acids is 1. The van der Waals surface area contributed by atoms with Gasteiger partial charge in [0.05, 0.1) is 18.1 Å². The van der Waals surface area contributed by atoms with Crippen molar-refractivity contribution in [3.05, 3.63) is 42.2 Å². The number of amides is 1. The molecular weight excluding hydrogens is 266 g/mol. The van der Waals surface area contributed by atoms with E-state index < -0.39 is 0 Å². The minimum Gasteiger partial charge on any atom is -0.378 e. The van der Waals surface area contributed by atoms with Crippen molar-refractivity contribution in [3.8, 4) is 0 Å².